The molecule has 0 saturated heterocycles. The number of carbonyl (C=O) groups is 3. The maximum Gasteiger partial charge on any atom is 0.305 e. The number of hydrogen-bond acceptors (Lipinski definition) is 4. The van der Waals surface area contributed by atoms with Gasteiger partial charge < -0.3 is 4.74 Å². The zero-order valence-electron chi connectivity index (χ0n) is 16.2. The van der Waals surface area contributed by atoms with Gasteiger partial charge in [-0.2, -0.15) is 0 Å². The summed E-state index contributed by atoms with van der Waals surface area (Å²) >= 11 is 0. The number of rotatable bonds is 11. The molecule has 25 heavy (non-hydrogen) atoms. The fourth-order valence-corrected chi connectivity index (χ4v) is 3.03. The van der Waals surface area contributed by atoms with Gasteiger partial charge in [-0.25, -0.2) is 0 Å². The van der Waals surface area contributed by atoms with Crippen LogP contribution < -0.4 is 0 Å². The Morgan fingerprint density at radius 3 is 1.88 bits per heavy atom. The minimum atomic E-state index is -0.124. The summed E-state index contributed by atoms with van der Waals surface area (Å²) in [6, 6.07) is 0. The predicted octanol–water partition coefficient (Wildman–Crippen LogP) is 4.87. The zero-order valence-corrected chi connectivity index (χ0v) is 16.2. The molecule has 4 heteroatoms. The first kappa shape index (κ1) is 21.3. The second-order valence-corrected chi connectivity index (χ2v) is 6.81. The van der Waals surface area contributed by atoms with E-state index in [2.05, 4.69) is 0 Å². The molecule has 0 amide bonds. The van der Waals surface area contributed by atoms with Gasteiger partial charge in [0.15, 0.2) is 11.6 Å². The highest BCUT2D eigenvalue weighted by Crippen LogP contribution is 2.27. The first-order chi connectivity index (χ1) is 11.9. The average molecular weight is 348 g/mol. The first-order valence-corrected chi connectivity index (χ1v) is 9.52. The molecule has 0 N–H and O–H groups in total. The monoisotopic (exact) mass is 348 g/mol. The van der Waals surface area contributed by atoms with Crippen LogP contribution in [0.1, 0.15) is 85.5 Å². The highest BCUT2D eigenvalue weighted by molar-refractivity contribution is 6.24. The van der Waals surface area contributed by atoms with Crippen molar-refractivity contribution in [3.05, 3.63) is 22.3 Å². The highest BCUT2D eigenvalue weighted by atomic mass is 16.5. The molecule has 0 bridgehead atoms. The summed E-state index contributed by atoms with van der Waals surface area (Å²) < 4.78 is 5.04. The van der Waals surface area contributed by atoms with Crippen LogP contribution in [0.25, 0.3) is 0 Å². The average Bonchev–Trinajstić information content (AvgIpc) is 2.61. The second kappa shape index (κ2) is 11.0. The summed E-state index contributed by atoms with van der Waals surface area (Å²) in [7, 11) is 0. The van der Waals surface area contributed by atoms with Crippen LogP contribution in [0.5, 0.6) is 0 Å². The van der Waals surface area contributed by atoms with E-state index in [0.29, 0.717) is 41.7 Å². The molecule has 0 aromatic rings. The number of hydrogen-bond donors (Lipinski definition) is 0. The fourth-order valence-electron chi connectivity index (χ4n) is 3.03. The van der Waals surface area contributed by atoms with E-state index in [9.17, 15) is 14.4 Å². The molecular weight excluding hydrogens is 316 g/mol. The molecule has 0 aliphatic heterocycles. The van der Waals surface area contributed by atoms with Crippen molar-refractivity contribution in [2.24, 2.45) is 0 Å². The zero-order chi connectivity index (χ0) is 18.8. The molecule has 0 atom stereocenters. The van der Waals surface area contributed by atoms with Crippen LogP contribution in [-0.4, -0.2) is 24.1 Å². The van der Waals surface area contributed by atoms with Gasteiger partial charge in [-0.05, 0) is 40.0 Å². The van der Waals surface area contributed by atoms with Gasteiger partial charge >= 0.3 is 5.97 Å². The van der Waals surface area contributed by atoms with Crippen LogP contribution in [-0.2, 0) is 19.1 Å². The van der Waals surface area contributed by atoms with Crippen molar-refractivity contribution in [2.45, 2.75) is 85.5 Å². The standard InChI is InChI=1S/C21H32O4/c1-5-19(22)25-14-12-10-8-6-7-9-11-13-18-17(4)20(23)15(2)16(3)21(18)24/h5-14H2,1-4H3. The van der Waals surface area contributed by atoms with E-state index in [1.165, 1.54) is 0 Å². The summed E-state index contributed by atoms with van der Waals surface area (Å²) in [5.41, 5.74) is 2.55. The molecule has 0 heterocycles. The second-order valence-electron chi connectivity index (χ2n) is 6.81. The number of allylic oxidation sites excluding steroid dienone is 4. The van der Waals surface area contributed by atoms with Gasteiger partial charge in [-0.3, -0.25) is 14.4 Å². The Kier molecular flexibility index (Phi) is 9.40. The molecule has 1 rings (SSSR count). The van der Waals surface area contributed by atoms with E-state index in [1.807, 2.05) is 0 Å². The Labute approximate surface area is 151 Å². The van der Waals surface area contributed by atoms with Crippen LogP contribution in [0.2, 0.25) is 0 Å². The molecular formula is C21H32O4. The Bertz CT molecular complexity index is 566. The summed E-state index contributed by atoms with van der Waals surface area (Å²) in [5.74, 6) is -0.0484. The quantitative estimate of drug-likeness (QED) is 0.304. The van der Waals surface area contributed by atoms with E-state index in [0.717, 1.165) is 44.9 Å². The van der Waals surface area contributed by atoms with Crippen LogP contribution in [0.4, 0.5) is 0 Å². The van der Waals surface area contributed by atoms with E-state index in [1.54, 1.807) is 27.7 Å². The molecule has 0 aromatic carbocycles. The lowest BCUT2D eigenvalue weighted by atomic mass is 9.84. The van der Waals surface area contributed by atoms with E-state index in [4.69, 9.17) is 4.74 Å². The first-order valence-electron chi connectivity index (χ1n) is 9.52. The molecule has 1 aliphatic carbocycles. The molecule has 140 valence electrons. The van der Waals surface area contributed by atoms with Gasteiger partial charge in [0.05, 0.1) is 6.61 Å². The van der Waals surface area contributed by atoms with Crippen molar-refractivity contribution >= 4 is 17.5 Å². The van der Waals surface area contributed by atoms with Crippen molar-refractivity contribution in [2.75, 3.05) is 6.61 Å². The van der Waals surface area contributed by atoms with Gasteiger partial charge in [0.25, 0.3) is 0 Å². The van der Waals surface area contributed by atoms with E-state index < -0.39 is 0 Å². The van der Waals surface area contributed by atoms with Gasteiger partial charge in [-0.15, -0.1) is 0 Å². The van der Waals surface area contributed by atoms with Crippen LogP contribution in [0, 0.1) is 0 Å². The van der Waals surface area contributed by atoms with Gasteiger partial charge in [-0.1, -0.05) is 39.0 Å². The van der Waals surface area contributed by atoms with E-state index in [-0.39, 0.29) is 17.5 Å². The smallest absolute Gasteiger partial charge is 0.305 e. The normalized spacial score (nSPS) is 15.2. The highest BCUT2D eigenvalue weighted by Gasteiger charge is 2.26. The molecule has 0 aromatic heterocycles. The van der Waals surface area contributed by atoms with Crippen LogP contribution in [0.3, 0.4) is 0 Å². The lowest BCUT2D eigenvalue weighted by Crippen LogP contribution is -2.20. The van der Waals surface area contributed by atoms with Gasteiger partial charge in [0.2, 0.25) is 0 Å². The summed E-state index contributed by atoms with van der Waals surface area (Å²) in [5, 5.41) is 0. The maximum absolute atomic E-state index is 12.3. The number of Topliss-reactive ketones (excluding diaryl/α,β-unsaturated/α-hetero) is 2. The van der Waals surface area contributed by atoms with E-state index >= 15 is 0 Å². The molecule has 1 aliphatic rings. The van der Waals surface area contributed by atoms with Crippen LogP contribution >= 0.6 is 0 Å². The minimum Gasteiger partial charge on any atom is -0.466 e. The third kappa shape index (κ3) is 6.60. The molecule has 0 radical (unpaired) electrons. The number of esters is 1. The number of ether oxygens (including phenoxy) is 1. The third-order valence-corrected chi connectivity index (χ3v) is 4.93. The lowest BCUT2D eigenvalue weighted by Gasteiger charge is -2.18. The Morgan fingerprint density at radius 2 is 1.28 bits per heavy atom. The topological polar surface area (TPSA) is 60.4 Å². The number of ketones is 2. The van der Waals surface area contributed by atoms with Gasteiger partial charge in [0.1, 0.15) is 0 Å². The van der Waals surface area contributed by atoms with Crippen molar-refractivity contribution in [3.8, 4) is 0 Å². The van der Waals surface area contributed by atoms with Crippen molar-refractivity contribution in [1.29, 1.82) is 0 Å². The number of carbonyl (C=O) groups excluding carboxylic acids is 3. The minimum absolute atomic E-state index is 0.0240. The van der Waals surface area contributed by atoms with Crippen molar-refractivity contribution in [3.63, 3.8) is 0 Å². The van der Waals surface area contributed by atoms with Crippen molar-refractivity contribution in [1.82, 2.24) is 0 Å². The van der Waals surface area contributed by atoms with Crippen molar-refractivity contribution < 1.29 is 19.1 Å². The maximum atomic E-state index is 12.3. The Hall–Kier alpha value is -1.71. The Morgan fingerprint density at radius 1 is 0.760 bits per heavy atom. The lowest BCUT2D eigenvalue weighted by molar-refractivity contribution is -0.143. The molecule has 0 spiro atoms. The summed E-state index contributed by atoms with van der Waals surface area (Å²) in [6.45, 7) is 7.59. The van der Waals surface area contributed by atoms with Gasteiger partial charge in [0, 0.05) is 28.7 Å². The predicted molar refractivity (Wildman–Crippen MR) is 99.3 cm³/mol. The fraction of sp³-hybridized carbons (Fsp3) is 0.667. The van der Waals surface area contributed by atoms with Crippen LogP contribution in [0.15, 0.2) is 22.3 Å². The molecule has 0 fully saturated rings. The SMILES string of the molecule is CCC(=O)OCCCCCCCCCC1=C(C)C(=O)C(C)=C(C)C1=O. The third-order valence-electron chi connectivity index (χ3n) is 4.93. The molecule has 4 nitrogen and oxygen atoms in total. The Balaban J connectivity index is 2.15. The summed E-state index contributed by atoms with van der Waals surface area (Å²) in [4.78, 5) is 35.4. The largest absolute Gasteiger partial charge is 0.466 e. The number of unbranched alkanes of at least 4 members (excludes halogenated alkanes) is 6. The summed E-state index contributed by atoms with van der Waals surface area (Å²) in [6.07, 6.45) is 8.62. The molecule has 0 unspecified atom stereocenters. The molecule has 0 saturated carbocycles.